The first-order valence-corrected chi connectivity index (χ1v) is 11.7. The predicted octanol–water partition coefficient (Wildman–Crippen LogP) is 4.18. The highest BCUT2D eigenvalue weighted by molar-refractivity contribution is 5.61. The Kier molecular flexibility index (Phi) is 7.83. The second kappa shape index (κ2) is 11.4. The van der Waals surface area contributed by atoms with Crippen LogP contribution in [0.15, 0.2) is 77.9 Å². The van der Waals surface area contributed by atoms with Crippen molar-refractivity contribution in [1.82, 2.24) is 24.6 Å². The number of hydrogen-bond donors (Lipinski definition) is 0. The van der Waals surface area contributed by atoms with Gasteiger partial charge < -0.3 is 9.64 Å². The normalized spacial score (nSPS) is 11.8. The molecule has 0 N–H and O–H groups in total. The summed E-state index contributed by atoms with van der Waals surface area (Å²) >= 11 is 0. The van der Waals surface area contributed by atoms with Gasteiger partial charge in [-0.3, -0.25) is 4.79 Å². The van der Waals surface area contributed by atoms with E-state index in [1.807, 2.05) is 51.4 Å². The van der Waals surface area contributed by atoms with Crippen molar-refractivity contribution in [2.45, 2.75) is 19.4 Å². The number of hydrogen-bond acceptors (Lipinski definition) is 7. The number of nitriles is 1. The van der Waals surface area contributed by atoms with Crippen LogP contribution in [0.1, 0.15) is 30.5 Å². The minimum absolute atomic E-state index is 0.208. The standard InChI is InChI=1S/C28H28N6O2/c1-20(34-27(35)12-11-26(32-34)23-9-4-7-21(15-23)17-29)22-8-5-10-24(16-22)28-30-18-25(19-31-28)36-14-6-13-33(2)3/h4-5,7-12,15-16,18-20H,6,13-14H2,1-3H3. The highest BCUT2D eigenvalue weighted by atomic mass is 16.5. The third-order valence-electron chi connectivity index (χ3n) is 5.75. The van der Waals surface area contributed by atoms with Crippen molar-refractivity contribution in [3.63, 3.8) is 0 Å². The Morgan fingerprint density at radius 3 is 2.53 bits per heavy atom. The summed E-state index contributed by atoms with van der Waals surface area (Å²) in [5, 5.41) is 13.8. The molecule has 1 atom stereocenters. The first kappa shape index (κ1) is 24.8. The maximum Gasteiger partial charge on any atom is 0.267 e. The summed E-state index contributed by atoms with van der Waals surface area (Å²) in [5.41, 5.74) is 3.47. The van der Waals surface area contributed by atoms with E-state index in [1.54, 1.807) is 36.7 Å². The predicted molar refractivity (Wildman–Crippen MR) is 139 cm³/mol. The first-order chi connectivity index (χ1) is 17.4. The van der Waals surface area contributed by atoms with Crippen LogP contribution in [0.2, 0.25) is 0 Å². The van der Waals surface area contributed by atoms with Gasteiger partial charge in [0.1, 0.15) is 0 Å². The molecular weight excluding hydrogens is 452 g/mol. The van der Waals surface area contributed by atoms with Crippen LogP contribution in [-0.2, 0) is 0 Å². The fourth-order valence-corrected chi connectivity index (χ4v) is 3.79. The van der Waals surface area contributed by atoms with Crippen molar-refractivity contribution in [1.29, 1.82) is 5.26 Å². The number of ether oxygens (including phenoxy) is 1. The van der Waals surface area contributed by atoms with Crippen molar-refractivity contribution < 1.29 is 4.74 Å². The number of rotatable bonds is 9. The van der Waals surface area contributed by atoms with Gasteiger partial charge >= 0.3 is 0 Å². The lowest BCUT2D eigenvalue weighted by atomic mass is 10.0. The van der Waals surface area contributed by atoms with E-state index in [4.69, 9.17) is 4.74 Å². The van der Waals surface area contributed by atoms with Crippen molar-refractivity contribution in [3.05, 3.63) is 94.5 Å². The average Bonchev–Trinajstić information content (AvgIpc) is 2.91. The van der Waals surface area contributed by atoms with Crippen LogP contribution in [0.4, 0.5) is 0 Å². The Balaban J connectivity index is 1.54. The van der Waals surface area contributed by atoms with E-state index in [-0.39, 0.29) is 11.6 Å². The maximum atomic E-state index is 12.7. The highest BCUT2D eigenvalue weighted by Gasteiger charge is 2.14. The Labute approximate surface area is 210 Å². The summed E-state index contributed by atoms with van der Waals surface area (Å²) in [6, 6.07) is 19.9. The third-order valence-corrected chi connectivity index (χ3v) is 5.75. The van der Waals surface area contributed by atoms with E-state index in [2.05, 4.69) is 26.0 Å². The number of nitrogens with zero attached hydrogens (tertiary/aromatic N) is 6. The monoisotopic (exact) mass is 480 g/mol. The second-order valence-corrected chi connectivity index (χ2v) is 8.74. The van der Waals surface area contributed by atoms with Crippen LogP contribution in [0.25, 0.3) is 22.6 Å². The van der Waals surface area contributed by atoms with Crippen LogP contribution in [0, 0.1) is 11.3 Å². The summed E-state index contributed by atoms with van der Waals surface area (Å²) in [5.74, 6) is 1.21. The molecule has 4 rings (SSSR count). The van der Waals surface area contributed by atoms with Gasteiger partial charge in [-0.15, -0.1) is 0 Å². The zero-order valence-corrected chi connectivity index (χ0v) is 20.6. The SMILES string of the molecule is CC(c1cccc(-c2ncc(OCCCN(C)C)cn2)c1)n1nc(-c2cccc(C#N)c2)ccc1=O. The van der Waals surface area contributed by atoms with Crippen molar-refractivity contribution in [3.8, 4) is 34.5 Å². The zero-order valence-electron chi connectivity index (χ0n) is 20.6. The lowest BCUT2D eigenvalue weighted by molar-refractivity contribution is 0.280. The lowest BCUT2D eigenvalue weighted by Crippen LogP contribution is -2.26. The van der Waals surface area contributed by atoms with Gasteiger partial charge in [-0.1, -0.05) is 30.3 Å². The van der Waals surface area contributed by atoms with Gasteiger partial charge in [-0.25, -0.2) is 14.6 Å². The molecule has 2 heterocycles. The van der Waals surface area contributed by atoms with Gasteiger partial charge in [0.05, 0.1) is 42.4 Å². The molecule has 1 unspecified atom stereocenters. The van der Waals surface area contributed by atoms with Gasteiger partial charge in [0, 0.05) is 23.7 Å². The maximum absolute atomic E-state index is 12.7. The molecule has 8 heteroatoms. The molecule has 0 saturated heterocycles. The minimum atomic E-state index is -0.323. The molecule has 182 valence electrons. The van der Waals surface area contributed by atoms with Crippen LogP contribution in [0.3, 0.4) is 0 Å². The molecule has 0 radical (unpaired) electrons. The average molecular weight is 481 g/mol. The molecule has 0 aliphatic rings. The van der Waals surface area contributed by atoms with E-state index in [1.165, 1.54) is 10.7 Å². The summed E-state index contributed by atoms with van der Waals surface area (Å²) in [4.78, 5) is 23.7. The minimum Gasteiger partial charge on any atom is -0.490 e. The lowest BCUT2D eigenvalue weighted by Gasteiger charge is -2.16. The quantitative estimate of drug-likeness (QED) is 0.332. The zero-order chi connectivity index (χ0) is 25.5. The molecule has 0 amide bonds. The molecule has 2 aromatic heterocycles. The van der Waals surface area contributed by atoms with E-state index in [9.17, 15) is 10.1 Å². The van der Waals surface area contributed by atoms with Crippen LogP contribution < -0.4 is 10.3 Å². The Hall–Kier alpha value is -4.35. The Morgan fingerprint density at radius 2 is 1.78 bits per heavy atom. The molecule has 0 aliphatic carbocycles. The van der Waals surface area contributed by atoms with E-state index in [0.29, 0.717) is 29.4 Å². The van der Waals surface area contributed by atoms with Crippen LogP contribution in [-0.4, -0.2) is 51.9 Å². The fraction of sp³-hybridized carbons (Fsp3) is 0.250. The van der Waals surface area contributed by atoms with Crippen molar-refractivity contribution in [2.75, 3.05) is 27.2 Å². The molecule has 36 heavy (non-hydrogen) atoms. The number of aromatic nitrogens is 4. The van der Waals surface area contributed by atoms with Gasteiger partial charge in [-0.05, 0) is 57.3 Å². The summed E-state index contributed by atoms with van der Waals surface area (Å²) in [7, 11) is 4.06. The molecule has 2 aromatic carbocycles. The second-order valence-electron chi connectivity index (χ2n) is 8.74. The fourth-order valence-electron chi connectivity index (χ4n) is 3.79. The van der Waals surface area contributed by atoms with Crippen LogP contribution in [0.5, 0.6) is 5.75 Å². The van der Waals surface area contributed by atoms with E-state index >= 15 is 0 Å². The van der Waals surface area contributed by atoms with Gasteiger partial charge in [0.2, 0.25) is 0 Å². The number of benzene rings is 2. The molecular formula is C28H28N6O2. The first-order valence-electron chi connectivity index (χ1n) is 11.7. The Bertz CT molecular complexity index is 1420. The summed E-state index contributed by atoms with van der Waals surface area (Å²) in [6.45, 7) is 3.49. The van der Waals surface area contributed by atoms with Crippen molar-refractivity contribution in [2.24, 2.45) is 0 Å². The highest BCUT2D eigenvalue weighted by Crippen LogP contribution is 2.24. The van der Waals surface area contributed by atoms with Crippen molar-refractivity contribution >= 4 is 0 Å². The topological polar surface area (TPSA) is 96.9 Å². The molecule has 0 fully saturated rings. The van der Waals surface area contributed by atoms with Gasteiger partial charge in [0.25, 0.3) is 5.56 Å². The largest absolute Gasteiger partial charge is 0.490 e. The smallest absolute Gasteiger partial charge is 0.267 e. The molecule has 8 nitrogen and oxygen atoms in total. The Morgan fingerprint density at radius 1 is 1.03 bits per heavy atom. The van der Waals surface area contributed by atoms with Gasteiger partial charge in [-0.2, -0.15) is 10.4 Å². The summed E-state index contributed by atoms with van der Waals surface area (Å²) in [6.07, 6.45) is 4.28. The summed E-state index contributed by atoms with van der Waals surface area (Å²) < 4.78 is 7.18. The molecule has 0 aliphatic heterocycles. The molecule has 0 spiro atoms. The van der Waals surface area contributed by atoms with Crippen LogP contribution >= 0.6 is 0 Å². The molecule has 0 saturated carbocycles. The molecule has 0 bridgehead atoms. The van der Waals surface area contributed by atoms with Gasteiger partial charge in [0.15, 0.2) is 11.6 Å². The van der Waals surface area contributed by atoms with E-state index < -0.39 is 0 Å². The van der Waals surface area contributed by atoms with E-state index in [0.717, 1.165) is 29.7 Å². The molecule has 4 aromatic rings. The third kappa shape index (κ3) is 6.01.